The number of halogens is 1. The number of carbonyl (C=O) groups excluding carboxylic acids is 1. The Morgan fingerprint density at radius 2 is 2.28 bits per heavy atom. The summed E-state index contributed by atoms with van der Waals surface area (Å²) in [4.78, 5) is 14.0. The maximum absolute atomic E-state index is 12.3. The van der Waals surface area contributed by atoms with Gasteiger partial charge in [0.15, 0.2) is 0 Å². The Kier molecular flexibility index (Phi) is 4.45. The normalized spacial score (nSPS) is 19.2. The van der Waals surface area contributed by atoms with Crippen LogP contribution in [0.2, 0.25) is 0 Å². The number of hydrogen-bond donors (Lipinski definition) is 2. The fourth-order valence-corrected chi connectivity index (χ4v) is 2.78. The number of aromatic hydroxyl groups is 1. The van der Waals surface area contributed by atoms with Crippen molar-refractivity contribution < 1.29 is 15.0 Å². The monoisotopic (exact) mass is 361 g/mol. The molecule has 0 saturated carbocycles. The molecule has 1 unspecified atom stereocenters. The third kappa shape index (κ3) is 2.95. The summed E-state index contributed by atoms with van der Waals surface area (Å²) in [5.74, 6) is 0.293. The minimum atomic E-state index is -0.119. The lowest BCUT2D eigenvalue weighted by Crippen LogP contribution is -2.28. The molecule has 2 rings (SSSR count). The fourth-order valence-electron chi connectivity index (χ4n) is 2.29. The number of amides is 1. The van der Waals surface area contributed by atoms with Crippen LogP contribution in [0.4, 0.5) is 0 Å². The second-order valence-corrected chi connectivity index (χ2v) is 5.83. The topological polar surface area (TPSA) is 60.8 Å². The Balaban J connectivity index is 2.10. The van der Waals surface area contributed by atoms with Crippen LogP contribution < -0.4 is 0 Å². The van der Waals surface area contributed by atoms with Gasteiger partial charge in [0, 0.05) is 23.3 Å². The largest absolute Gasteiger partial charge is 0.507 e. The van der Waals surface area contributed by atoms with Crippen molar-refractivity contribution in [1.82, 2.24) is 4.90 Å². The molecule has 1 saturated heterocycles. The molecule has 0 aromatic heterocycles. The average Bonchev–Trinajstić information content (AvgIpc) is 2.80. The number of rotatable bonds is 3. The molecule has 1 aliphatic rings. The molecule has 1 heterocycles. The lowest BCUT2D eigenvalue weighted by atomic mass is 10.1. The van der Waals surface area contributed by atoms with Crippen LogP contribution in [-0.4, -0.2) is 40.7 Å². The van der Waals surface area contributed by atoms with Crippen LogP contribution in [0, 0.1) is 9.49 Å². The van der Waals surface area contributed by atoms with Crippen LogP contribution in [0.1, 0.15) is 23.2 Å². The quantitative estimate of drug-likeness (QED) is 0.808. The van der Waals surface area contributed by atoms with E-state index in [1.807, 2.05) is 0 Å². The molecule has 2 N–H and O–H groups in total. The highest BCUT2D eigenvalue weighted by Gasteiger charge is 2.27. The Morgan fingerprint density at radius 3 is 3.00 bits per heavy atom. The van der Waals surface area contributed by atoms with E-state index in [0.717, 1.165) is 16.4 Å². The molecule has 98 valence electrons. The SMILES string of the molecule is O=C(c1cc(I)ccc1O)N1CCC(CCO)C1. The second kappa shape index (κ2) is 5.88. The summed E-state index contributed by atoms with van der Waals surface area (Å²) in [6.45, 7) is 1.54. The summed E-state index contributed by atoms with van der Waals surface area (Å²) in [6, 6.07) is 5.03. The summed E-state index contributed by atoms with van der Waals surface area (Å²) >= 11 is 2.12. The first kappa shape index (κ1) is 13.6. The highest BCUT2D eigenvalue weighted by atomic mass is 127. The molecule has 1 aromatic carbocycles. The van der Waals surface area contributed by atoms with Gasteiger partial charge in [0.2, 0.25) is 0 Å². The first-order chi connectivity index (χ1) is 8.61. The first-order valence-electron chi connectivity index (χ1n) is 6.00. The smallest absolute Gasteiger partial charge is 0.257 e. The highest BCUT2D eigenvalue weighted by molar-refractivity contribution is 14.1. The number of benzene rings is 1. The van der Waals surface area contributed by atoms with Gasteiger partial charge in [0.25, 0.3) is 5.91 Å². The Labute approximate surface area is 120 Å². The average molecular weight is 361 g/mol. The van der Waals surface area contributed by atoms with Crippen molar-refractivity contribution in [2.24, 2.45) is 5.92 Å². The van der Waals surface area contributed by atoms with Crippen LogP contribution in [0.5, 0.6) is 5.75 Å². The zero-order valence-electron chi connectivity index (χ0n) is 9.97. The third-order valence-corrected chi connectivity index (χ3v) is 3.97. The van der Waals surface area contributed by atoms with Crippen molar-refractivity contribution in [3.05, 3.63) is 27.3 Å². The third-order valence-electron chi connectivity index (χ3n) is 3.30. The van der Waals surface area contributed by atoms with E-state index in [1.165, 1.54) is 0 Å². The van der Waals surface area contributed by atoms with E-state index in [1.54, 1.807) is 23.1 Å². The molecule has 1 amide bonds. The molecule has 5 heteroatoms. The van der Waals surface area contributed by atoms with E-state index in [2.05, 4.69) is 22.6 Å². The van der Waals surface area contributed by atoms with Crippen molar-refractivity contribution in [3.8, 4) is 5.75 Å². The number of hydrogen-bond acceptors (Lipinski definition) is 3. The van der Waals surface area contributed by atoms with Crippen LogP contribution in [0.25, 0.3) is 0 Å². The van der Waals surface area contributed by atoms with E-state index >= 15 is 0 Å². The van der Waals surface area contributed by atoms with E-state index in [0.29, 0.717) is 24.6 Å². The Morgan fingerprint density at radius 1 is 1.50 bits per heavy atom. The molecule has 0 aliphatic carbocycles. The van der Waals surface area contributed by atoms with E-state index < -0.39 is 0 Å². The zero-order valence-corrected chi connectivity index (χ0v) is 12.1. The number of phenolic OH excluding ortho intramolecular Hbond substituents is 1. The summed E-state index contributed by atoms with van der Waals surface area (Å²) in [6.07, 6.45) is 1.67. The van der Waals surface area contributed by atoms with Gasteiger partial charge in [0.05, 0.1) is 5.56 Å². The van der Waals surface area contributed by atoms with E-state index in [9.17, 15) is 9.90 Å². The summed E-state index contributed by atoms with van der Waals surface area (Å²) in [7, 11) is 0. The molecule has 0 spiro atoms. The van der Waals surface area contributed by atoms with Gasteiger partial charge >= 0.3 is 0 Å². The van der Waals surface area contributed by atoms with Gasteiger partial charge in [0.1, 0.15) is 5.75 Å². The number of aliphatic hydroxyl groups excluding tert-OH is 1. The fraction of sp³-hybridized carbons (Fsp3) is 0.462. The minimum Gasteiger partial charge on any atom is -0.507 e. The predicted molar refractivity (Wildman–Crippen MR) is 76.5 cm³/mol. The summed E-state index contributed by atoms with van der Waals surface area (Å²) in [5.41, 5.74) is 0.367. The molecule has 1 atom stereocenters. The molecule has 4 nitrogen and oxygen atoms in total. The van der Waals surface area contributed by atoms with Crippen molar-refractivity contribution in [2.75, 3.05) is 19.7 Å². The number of nitrogens with zero attached hydrogens (tertiary/aromatic N) is 1. The molecule has 0 radical (unpaired) electrons. The van der Waals surface area contributed by atoms with Crippen LogP contribution >= 0.6 is 22.6 Å². The maximum atomic E-state index is 12.3. The summed E-state index contributed by atoms with van der Waals surface area (Å²) < 4.78 is 0.930. The molecule has 0 bridgehead atoms. The van der Waals surface area contributed by atoms with Gasteiger partial charge in [-0.2, -0.15) is 0 Å². The predicted octanol–water partition coefficient (Wildman–Crippen LogP) is 1.84. The lowest BCUT2D eigenvalue weighted by molar-refractivity contribution is 0.0781. The number of likely N-dealkylation sites (tertiary alicyclic amines) is 1. The van der Waals surface area contributed by atoms with Crippen molar-refractivity contribution in [3.63, 3.8) is 0 Å². The molecule has 1 aromatic rings. The summed E-state index contributed by atoms with van der Waals surface area (Å²) in [5, 5.41) is 18.6. The van der Waals surface area contributed by atoms with Gasteiger partial charge in [-0.05, 0) is 59.5 Å². The van der Waals surface area contributed by atoms with Gasteiger partial charge < -0.3 is 15.1 Å². The standard InChI is InChI=1S/C13H16INO3/c14-10-1-2-12(17)11(7-10)13(18)15-5-3-9(8-15)4-6-16/h1-2,7,9,16-17H,3-6,8H2. The van der Waals surface area contributed by atoms with Crippen LogP contribution in [0.3, 0.4) is 0 Å². The second-order valence-electron chi connectivity index (χ2n) is 4.58. The van der Waals surface area contributed by atoms with Gasteiger partial charge in [-0.1, -0.05) is 0 Å². The zero-order chi connectivity index (χ0) is 13.1. The van der Waals surface area contributed by atoms with Crippen LogP contribution in [0.15, 0.2) is 18.2 Å². The number of phenols is 1. The lowest BCUT2D eigenvalue weighted by Gasteiger charge is -2.17. The number of carbonyl (C=O) groups is 1. The molecule has 1 fully saturated rings. The highest BCUT2D eigenvalue weighted by Crippen LogP contribution is 2.25. The maximum Gasteiger partial charge on any atom is 0.257 e. The van der Waals surface area contributed by atoms with Gasteiger partial charge in [-0.15, -0.1) is 0 Å². The van der Waals surface area contributed by atoms with Gasteiger partial charge in [-0.25, -0.2) is 0 Å². The van der Waals surface area contributed by atoms with E-state index in [4.69, 9.17) is 5.11 Å². The molecule has 1 aliphatic heterocycles. The van der Waals surface area contributed by atoms with Gasteiger partial charge in [-0.3, -0.25) is 4.79 Å². The first-order valence-corrected chi connectivity index (χ1v) is 7.08. The molecular weight excluding hydrogens is 345 g/mol. The molecular formula is C13H16INO3. The minimum absolute atomic E-state index is 0.0334. The van der Waals surface area contributed by atoms with Crippen LogP contribution in [-0.2, 0) is 0 Å². The van der Waals surface area contributed by atoms with E-state index in [-0.39, 0.29) is 18.3 Å². The number of aliphatic hydroxyl groups is 1. The Hall–Kier alpha value is -0.820. The Bertz CT molecular complexity index is 450. The van der Waals surface area contributed by atoms with Crippen molar-refractivity contribution >= 4 is 28.5 Å². The van der Waals surface area contributed by atoms with Crippen molar-refractivity contribution in [2.45, 2.75) is 12.8 Å². The molecule has 18 heavy (non-hydrogen) atoms. The van der Waals surface area contributed by atoms with Crippen molar-refractivity contribution in [1.29, 1.82) is 0 Å².